The molecule has 1 atom stereocenters. The molecule has 0 spiro atoms. The third-order valence-corrected chi connectivity index (χ3v) is 3.35. The summed E-state index contributed by atoms with van der Waals surface area (Å²) in [7, 11) is 0. The summed E-state index contributed by atoms with van der Waals surface area (Å²) in [4.78, 5) is 25.1. The molecule has 0 aliphatic rings. The number of benzene rings is 1. The molecule has 0 aliphatic heterocycles. The number of aromatic nitrogens is 1. The summed E-state index contributed by atoms with van der Waals surface area (Å²) in [5.74, 6) is -0.273. The minimum Gasteiger partial charge on any atom is -0.358 e. The van der Waals surface area contributed by atoms with Gasteiger partial charge in [-0.05, 0) is 23.8 Å². The van der Waals surface area contributed by atoms with Gasteiger partial charge in [0.2, 0.25) is 6.41 Å². The fourth-order valence-corrected chi connectivity index (χ4v) is 2.34. The van der Waals surface area contributed by atoms with Gasteiger partial charge in [0.15, 0.2) is 0 Å². The monoisotopic (exact) mass is 305 g/mol. The van der Waals surface area contributed by atoms with E-state index in [1.165, 1.54) is 12.1 Å². The van der Waals surface area contributed by atoms with E-state index < -0.39 is 4.92 Å². The van der Waals surface area contributed by atoms with Crippen molar-refractivity contribution >= 4 is 23.7 Å². The number of nitrogens with zero attached hydrogens (tertiary/aromatic N) is 2. The van der Waals surface area contributed by atoms with E-state index in [1.54, 1.807) is 18.3 Å². The number of nitro groups is 1. The van der Waals surface area contributed by atoms with Crippen LogP contribution in [0.5, 0.6) is 0 Å². The largest absolute Gasteiger partial charge is 0.358 e. The highest BCUT2D eigenvalue weighted by Gasteiger charge is 2.20. The summed E-state index contributed by atoms with van der Waals surface area (Å²) in [6.45, 7) is 0.304. The molecular weight excluding hydrogens is 294 g/mol. The number of pyridine rings is 1. The second-order valence-corrected chi connectivity index (χ2v) is 4.70. The average Bonchev–Trinajstić information content (AvgIpc) is 2.50. The molecule has 0 aliphatic carbocycles. The predicted octanol–water partition coefficient (Wildman–Crippen LogP) is 2.52. The van der Waals surface area contributed by atoms with Gasteiger partial charge in [0.1, 0.15) is 0 Å². The molecule has 1 N–H and O–H groups in total. The van der Waals surface area contributed by atoms with E-state index in [9.17, 15) is 14.9 Å². The molecule has 1 amide bonds. The molecule has 0 saturated carbocycles. The van der Waals surface area contributed by atoms with Crippen LogP contribution < -0.4 is 5.32 Å². The van der Waals surface area contributed by atoms with Crippen LogP contribution in [0.15, 0.2) is 42.6 Å². The lowest BCUT2D eigenvalue weighted by Crippen LogP contribution is -2.21. The molecule has 0 fully saturated rings. The highest BCUT2D eigenvalue weighted by Crippen LogP contribution is 2.31. The Morgan fingerprint density at radius 1 is 1.38 bits per heavy atom. The topological polar surface area (TPSA) is 85.1 Å². The number of rotatable bonds is 6. The highest BCUT2D eigenvalue weighted by atomic mass is 35.5. The van der Waals surface area contributed by atoms with Crippen molar-refractivity contribution in [3.8, 4) is 0 Å². The van der Waals surface area contributed by atoms with Gasteiger partial charge >= 0.3 is 0 Å². The smallest absolute Gasteiger partial charge is 0.270 e. The molecule has 0 radical (unpaired) electrons. The fraction of sp³-hybridized carbons (Fsp3) is 0.143. The standard InChI is InChI=1S/C14H12ClN3O3/c15-13-7-10(18(20)21)4-5-11(13)12(8-16-9-19)14-3-1-2-6-17-14/h1-7,9,12H,8H2,(H,16,19). The molecule has 7 heteroatoms. The summed E-state index contributed by atoms with van der Waals surface area (Å²) in [5, 5.41) is 13.6. The molecule has 1 heterocycles. The highest BCUT2D eigenvalue weighted by molar-refractivity contribution is 6.31. The van der Waals surface area contributed by atoms with Crippen LogP contribution in [0, 0.1) is 10.1 Å². The molecule has 1 aromatic carbocycles. The van der Waals surface area contributed by atoms with Crippen molar-refractivity contribution in [2.75, 3.05) is 6.54 Å². The maximum absolute atomic E-state index is 10.8. The van der Waals surface area contributed by atoms with Gasteiger partial charge in [-0.25, -0.2) is 0 Å². The molecule has 0 bridgehead atoms. The Kier molecular flexibility index (Phi) is 4.84. The first-order valence-corrected chi connectivity index (χ1v) is 6.53. The summed E-state index contributed by atoms with van der Waals surface area (Å²) in [5.41, 5.74) is 1.32. The van der Waals surface area contributed by atoms with Crippen molar-refractivity contribution in [2.45, 2.75) is 5.92 Å². The Morgan fingerprint density at radius 3 is 2.76 bits per heavy atom. The first-order chi connectivity index (χ1) is 10.1. The van der Waals surface area contributed by atoms with E-state index in [1.807, 2.05) is 12.1 Å². The Bertz CT molecular complexity index is 649. The number of non-ortho nitro benzene ring substituents is 1. The van der Waals surface area contributed by atoms with Crippen molar-refractivity contribution in [1.29, 1.82) is 0 Å². The maximum Gasteiger partial charge on any atom is 0.270 e. The van der Waals surface area contributed by atoms with Crippen LogP contribution in [0.1, 0.15) is 17.2 Å². The molecule has 0 saturated heterocycles. The molecule has 21 heavy (non-hydrogen) atoms. The van der Waals surface area contributed by atoms with E-state index in [-0.39, 0.29) is 16.6 Å². The van der Waals surface area contributed by atoms with Crippen molar-refractivity contribution in [2.24, 2.45) is 0 Å². The van der Waals surface area contributed by atoms with Crippen LogP contribution >= 0.6 is 11.6 Å². The maximum atomic E-state index is 10.8. The zero-order chi connectivity index (χ0) is 15.2. The molecule has 2 aromatic rings. The van der Waals surface area contributed by atoms with E-state index in [4.69, 9.17) is 11.6 Å². The van der Waals surface area contributed by atoms with E-state index in [0.29, 0.717) is 18.5 Å². The predicted molar refractivity (Wildman–Crippen MR) is 78.3 cm³/mol. The minimum atomic E-state index is -0.505. The van der Waals surface area contributed by atoms with E-state index in [0.717, 1.165) is 5.69 Å². The number of halogens is 1. The Balaban J connectivity index is 2.41. The van der Waals surface area contributed by atoms with Gasteiger partial charge in [0, 0.05) is 36.5 Å². The number of carbonyl (C=O) groups excluding carboxylic acids is 1. The molecule has 1 aromatic heterocycles. The summed E-state index contributed by atoms with van der Waals surface area (Å²) >= 11 is 6.15. The molecule has 108 valence electrons. The molecule has 6 nitrogen and oxygen atoms in total. The van der Waals surface area contributed by atoms with Crippen LogP contribution in [0.3, 0.4) is 0 Å². The first-order valence-electron chi connectivity index (χ1n) is 6.15. The van der Waals surface area contributed by atoms with Crippen molar-refractivity contribution in [3.63, 3.8) is 0 Å². The third-order valence-electron chi connectivity index (χ3n) is 3.02. The molecule has 2 rings (SSSR count). The Hall–Kier alpha value is -2.47. The van der Waals surface area contributed by atoms with Crippen LogP contribution in [-0.4, -0.2) is 22.9 Å². The number of amides is 1. The van der Waals surface area contributed by atoms with Crippen LogP contribution in [0.2, 0.25) is 5.02 Å². The Labute approximate surface area is 125 Å². The van der Waals surface area contributed by atoms with Crippen molar-refractivity contribution < 1.29 is 9.72 Å². The zero-order valence-electron chi connectivity index (χ0n) is 10.9. The van der Waals surface area contributed by atoms with Crippen LogP contribution in [0.4, 0.5) is 5.69 Å². The quantitative estimate of drug-likeness (QED) is 0.505. The zero-order valence-corrected chi connectivity index (χ0v) is 11.7. The lowest BCUT2D eigenvalue weighted by atomic mass is 9.94. The SMILES string of the molecule is O=CNCC(c1ccccn1)c1ccc([N+](=O)[O-])cc1Cl. The number of hydrogen-bond donors (Lipinski definition) is 1. The van der Waals surface area contributed by atoms with Crippen molar-refractivity contribution in [3.05, 3.63) is 69.0 Å². The van der Waals surface area contributed by atoms with Gasteiger partial charge < -0.3 is 5.32 Å². The second kappa shape index (κ2) is 6.81. The van der Waals surface area contributed by atoms with Gasteiger partial charge in [0.05, 0.1) is 9.95 Å². The third kappa shape index (κ3) is 3.55. The van der Waals surface area contributed by atoms with Gasteiger partial charge in [-0.2, -0.15) is 0 Å². The normalized spacial score (nSPS) is 11.7. The fourth-order valence-electron chi connectivity index (χ4n) is 2.03. The van der Waals surface area contributed by atoms with Gasteiger partial charge in [-0.3, -0.25) is 19.9 Å². The first kappa shape index (κ1) is 14.9. The number of nitrogens with one attached hydrogen (secondary N) is 1. The second-order valence-electron chi connectivity index (χ2n) is 4.30. The van der Waals surface area contributed by atoms with E-state index >= 15 is 0 Å². The summed E-state index contributed by atoms with van der Waals surface area (Å²) < 4.78 is 0. The van der Waals surface area contributed by atoms with Gasteiger partial charge in [-0.1, -0.05) is 17.7 Å². The average molecular weight is 306 g/mol. The summed E-state index contributed by atoms with van der Waals surface area (Å²) in [6, 6.07) is 9.70. The number of nitro benzene ring substituents is 1. The lowest BCUT2D eigenvalue weighted by Gasteiger charge is -2.17. The number of carbonyl (C=O) groups is 1. The minimum absolute atomic E-state index is 0.0770. The van der Waals surface area contributed by atoms with Crippen LogP contribution in [-0.2, 0) is 4.79 Å². The number of hydrogen-bond acceptors (Lipinski definition) is 4. The summed E-state index contributed by atoms with van der Waals surface area (Å²) in [6.07, 6.45) is 2.23. The van der Waals surface area contributed by atoms with E-state index in [2.05, 4.69) is 10.3 Å². The molecular formula is C14H12ClN3O3. The lowest BCUT2D eigenvalue weighted by molar-refractivity contribution is -0.384. The van der Waals surface area contributed by atoms with Gasteiger partial charge in [-0.15, -0.1) is 0 Å². The van der Waals surface area contributed by atoms with Crippen LogP contribution in [0.25, 0.3) is 0 Å². The molecule has 1 unspecified atom stereocenters. The Morgan fingerprint density at radius 2 is 2.19 bits per heavy atom. The van der Waals surface area contributed by atoms with Crippen molar-refractivity contribution in [1.82, 2.24) is 10.3 Å². The van der Waals surface area contributed by atoms with Gasteiger partial charge in [0.25, 0.3) is 5.69 Å².